The van der Waals surface area contributed by atoms with Crippen LogP contribution in [0.4, 0.5) is 4.79 Å². The third kappa shape index (κ3) is 4.20. The molecule has 0 radical (unpaired) electrons. The van der Waals surface area contributed by atoms with Crippen molar-refractivity contribution in [2.24, 2.45) is 7.05 Å². The predicted octanol–water partition coefficient (Wildman–Crippen LogP) is 3.20. The second-order valence-corrected chi connectivity index (χ2v) is 7.46. The summed E-state index contributed by atoms with van der Waals surface area (Å²) in [4.78, 5) is 17.2. The van der Waals surface area contributed by atoms with Gasteiger partial charge in [0.25, 0.3) is 0 Å². The first-order valence-electron chi connectivity index (χ1n) is 9.43. The zero-order valence-corrected chi connectivity index (χ0v) is 16.5. The first-order chi connectivity index (χ1) is 13.6. The fourth-order valence-corrected chi connectivity index (χ4v) is 3.61. The Kier molecular flexibility index (Phi) is 5.34. The number of aryl methyl sites for hydroxylation is 3. The number of imidazole rings is 1. The van der Waals surface area contributed by atoms with Gasteiger partial charge in [0, 0.05) is 37.4 Å². The smallest absolute Gasteiger partial charge is 0.315 e. The minimum absolute atomic E-state index is 0.267. The van der Waals surface area contributed by atoms with E-state index in [1.807, 2.05) is 49.8 Å². The maximum Gasteiger partial charge on any atom is 0.315 e. The Morgan fingerprint density at radius 1 is 1.25 bits per heavy atom. The molecule has 0 aliphatic carbocycles. The fraction of sp³-hybridized carbons (Fsp3) is 0.350. The highest BCUT2D eigenvalue weighted by Crippen LogP contribution is 2.22. The monoisotopic (exact) mass is 398 g/mol. The molecule has 0 spiro atoms. The molecule has 0 saturated carbocycles. The molecule has 0 saturated heterocycles. The van der Waals surface area contributed by atoms with Gasteiger partial charge in [-0.3, -0.25) is 4.68 Å². The van der Waals surface area contributed by atoms with Crippen LogP contribution in [-0.2, 0) is 26.6 Å². The lowest BCUT2D eigenvalue weighted by molar-refractivity contribution is 0.238. The van der Waals surface area contributed by atoms with E-state index < -0.39 is 0 Å². The first kappa shape index (κ1) is 18.6. The van der Waals surface area contributed by atoms with Crippen molar-refractivity contribution in [3.05, 3.63) is 70.5 Å². The van der Waals surface area contributed by atoms with Gasteiger partial charge in [0.1, 0.15) is 11.9 Å². The number of amides is 2. The molecule has 7 nitrogen and oxygen atoms in total. The molecule has 0 fully saturated rings. The lowest BCUT2D eigenvalue weighted by Gasteiger charge is -2.18. The van der Waals surface area contributed by atoms with Crippen LogP contribution in [0.15, 0.2) is 42.7 Å². The number of hydrogen-bond donors (Lipinski definition) is 2. The lowest BCUT2D eigenvalue weighted by atomic mass is 10.0. The van der Waals surface area contributed by atoms with E-state index >= 15 is 0 Å². The summed E-state index contributed by atoms with van der Waals surface area (Å²) in [6, 6.07) is 8.66. The lowest BCUT2D eigenvalue weighted by Crippen LogP contribution is -2.38. The summed E-state index contributed by atoms with van der Waals surface area (Å²) in [5, 5.41) is 11.0. The SMILES string of the molecule is Cn1ccc(C(NC(=O)NCc2cn3c(n2)CCCC3)c2ccc(Cl)cc2)n1. The number of halogens is 1. The molecule has 1 aromatic carbocycles. The Balaban J connectivity index is 1.44. The number of aromatic nitrogens is 4. The molecule has 3 heterocycles. The average Bonchev–Trinajstić information content (AvgIpc) is 3.31. The minimum Gasteiger partial charge on any atom is -0.335 e. The molecule has 1 aliphatic rings. The van der Waals surface area contributed by atoms with Crippen molar-refractivity contribution in [3.63, 3.8) is 0 Å². The maximum absolute atomic E-state index is 12.6. The van der Waals surface area contributed by atoms with E-state index in [9.17, 15) is 4.79 Å². The standard InChI is InChI=1S/C20H23ClN6O/c1-26-11-9-17(25-26)19(14-5-7-15(21)8-6-14)24-20(28)22-12-16-13-27-10-3-2-4-18(27)23-16/h5-9,11,13,19H,2-4,10,12H2,1H3,(H2,22,24,28). The van der Waals surface area contributed by atoms with Crippen LogP contribution in [0.2, 0.25) is 5.02 Å². The number of benzene rings is 1. The largest absolute Gasteiger partial charge is 0.335 e. The number of fused-ring (bicyclic) bond motifs is 1. The normalized spacial score (nSPS) is 14.4. The zero-order valence-electron chi connectivity index (χ0n) is 15.7. The van der Waals surface area contributed by atoms with Gasteiger partial charge in [-0.1, -0.05) is 23.7 Å². The third-order valence-corrected chi connectivity index (χ3v) is 5.15. The highest BCUT2D eigenvalue weighted by atomic mass is 35.5. The Labute approximate surface area is 168 Å². The van der Waals surface area contributed by atoms with Gasteiger partial charge in [-0.05, 0) is 36.6 Å². The van der Waals surface area contributed by atoms with Gasteiger partial charge in [-0.25, -0.2) is 9.78 Å². The predicted molar refractivity (Wildman–Crippen MR) is 107 cm³/mol. The molecule has 146 valence electrons. The molecule has 2 amide bonds. The van der Waals surface area contributed by atoms with Crippen LogP contribution >= 0.6 is 11.6 Å². The third-order valence-electron chi connectivity index (χ3n) is 4.90. The van der Waals surface area contributed by atoms with Gasteiger partial charge in [-0.15, -0.1) is 0 Å². The highest BCUT2D eigenvalue weighted by Gasteiger charge is 2.20. The summed E-state index contributed by atoms with van der Waals surface area (Å²) in [6.45, 7) is 1.40. The molecule has 3 aromatic rings. The molecule has 2 N–H and O–H groups in total. The van der Waals surface area contributed by atoms with Crippen molar-refractivity contribution in [2.75, 3.05) is 0 Å². The summed E-state index contributed by atoms with van der Waals surface area (Å²) in [5.74, 6) is 1.11. The number of carbonyl (C=O) groups excluding carboxylic acids is 1. The van der Waals surface area contributed by atoms with Crippen molar-refractivity contribution < 1.29 is 4.79 Å². The summed E-state index contributed by atoms with van der Waals surface area (Å²) in [7, 11) is 1.85. The second-order valence-electron chi connectivity index (χ2n) is 7.02. The molecule has 4 rings (SSSR count). The number of rotatable bonds is 5. The van der Waals surface area contributed by atoms with Crippen LogP contribution < -0.4 is 10.6 Å². The Bertz CT molecular complexity index is 938. The summed E-state index contributed by atoms with van der Waals surface area (Å²) in [5.41, 5.74) is 2.56. The van der Waals surface area contributed by atoms with Gasteiger partial charge in [0.2, 0.25) is 0 Å². The molecule has 0 bridgehead atoms. The molecule has 2 aromatic heterocycles. The van der Waals surface area contributed by atoms with E-state index in [1.165, 1.54) is 12.8 Å². The van der Waals surface area contributed by atoms with Crippen molar-refractivity contribution in [3.8, 4) is 0 Å². The average molecular weight is 399 g/mol. The molecular weight excluding hydrogens is 376 g/mol. The van der Waals surface area contributed by atoms with Gasteiger partial charge >= 0.3 is 6.03 Å². The van der Waals surface area contributed by atoms with E-state index in [1.54, 1.807) is 4.68 Å². The topological polar surface area (TPSA) is 76.8 Å². The van der Waals surface area contributed by atoms with E-state index in [-0.39, 0.29) is 12.1 Å². The van der Waals surface area contributed by atoms with Crippen LogP contribution in [-0.4, -0.2) is 25.4 Å². The van der Waals surface area contributed by atoms with Crippen molar-refractivity contribution in [1.29, 1.82) is 0 Å². The maximum atomic E-state index is 12.6. The van der Waals surface area contributed by atoms with Crippen molar-refractivity contribution in [2.45, 2.75) is 38.4 Å². The van der Waals surface area contributed by atoms with Gasteiger partial charge in [0.15, 0.2) is 0 Å². The molecular formula is C20H23ClN6O. The molecule has 1 unspecified atom stereocenters. The van der Waals surface area contributed by atoms with Crippen LogP contribution in [0.25, 0.3) is 0 Å². The number of carbonyl (C=O) groups is 1. The van der Waals surface area contributed by atoms with Crippen LogP contribution in [0, 0.1) is 0 Å². The van der Waals surface area contributed by atoms with Crippen LogP contribution in [0.1, 0.15) is 41.7 Å². The Hall–Kier alpha value is -2.80. The second kappa shape index (κ2) is 8.06. The number of urea groups is 1. The summed E-state index contributed by atoms with van der Waals surface area (Å²) < 4.78 is 3.90. The van der Waals surface area contributed by atoms with Crippen LogP contribution in [0.3, 0.4) is 0 Å². The van der Waals surface area contributed by atoms with Crippen molar-refractivity contribution in [1.82, 2.24) is 30.0 Å². The Morgan fingerprint density at radius 2 is 2.07 bits per heavy atom. The number of nitrogens with zero attached hydrogens (tertiary/aromatic N) is 4. The van der Waals surface area contributed by atoms with Gasteiger partial charge < -0.3 is 15.2 Å². The number of nitrogens with one attached hydrogen (secondary N) is 2. The van der Waals surface area contributed by atoms with Crippen LogP contribution in [0.5, 0.6) is 0 Å². The van der Waals surface area contributed by atoms with Crippen molar-refractivity contribution >= 4 is 17.6 Å². The summed E-state index contributed by atoms with van der Waals surface area (Å²) in [6.07, 6.45) is 7.25. The minimum atomic E-state index is -0.367. The molecule has 1 aliphatic heterocycles. The quantitative estimate of drug-likeness (QED) is 0.692. The molecule has 28 heavy (non-hydrogen) atoms. The molecule has 8 heteroatoms. The van der Waals surface area contributed by atoms with E-state index in [4.69, 9.17) is 11.6 Å². The zero-order chi connectivity index (χ0) is 19.5. The summed E-state index contributed by atoms with van der Waals surface area (Å²) >= 11 is 6.00. The number of hydrogen-bond acceptors (Lipinski definition) is 3. The Morgan fingerprint density at radius 3 is 2.79 bits per heavy atom. The van der Waals surface area contributed by atoms with E-state index in [2.05, 4.69) is 25.3 Å². The first-order valence-corrected chi connectivity index (χ1v) is 9.80. The van der Waals surface area contributed by atoms with E-state index in [0.717, 1.165) is 35.7 Å². The fourth-order valence-electron chi connectivity index (χ4n) is 3.48. The van der Waals surface area contributed by atoms with Gasteiger partial charge in [-0.2, -0.15) is 5.10 Å². The van der Waals surface area contributed by atoms with E-state index in [0.29, 0.717) is 11.6 Å². The van der Waals surface area contributed by atoms with Gasteiger partial charge in [0.05, 0.1) is 17.9 Å². The molecule has 1 atom stereocenters. The highest BCUT2D eigenvalue weighted by molar-refractivity contribution is 6.30.